The molecule has 0 bridgehead atoms. The first-order chi connectivity index (χ1) is 7.51. The van der Waals surface area contributed by atoms with Crippen LogP contribution in [0.4, 0.5) is 0 Å². The molecule has 0 amide bonds. The van der Waals surface area contributed by atoms with E-state index in [2.05, 4.69) is 37.4 Å². The molecule has 0 saturated heterocycles. The molecule has 4 nitrogen and oxygen atoms in total. The molecule has 1 heterocycles. The topological polar surface area (TPSA) is 39.1 Å². The number of rotatable bonds is 6. The lowest BCUT2D eigenvalue weighted by atomic mass is 10.1. The van der Waals surface area contributed by atoms with Crippen LogP contribution in [0.2, 0.25) is 0 Å². The number of hydrogen-bond acceptors (Lipinski definition) is 3. The van der Waals surface area contributed by atoms with E-state index in [9.17, 15) is 0 Å². The molecular formula is C12H23N3O. The minimum atomic E-state index is 0.151. The normalized spacial score (nSPS) is 12.0. The highest BCUT2D eigenvalue weighted by Crippen LogP contribution is 2.03. The molecule has 16 heavy (non-hydrogen) atoms. The van der Waals surface area contributed by atoms with Crippen molar-refractivity contribution in [3.63, 3.8) is 0 Å². The molecule has 0 atom stereocenters. The van der Waals surface area contributed by atoms with Gasteiger partial charge in [0, 0.05) is 44.1 Å². The zero-order valence-corrected chi connectivity index (χ0v) is 10.8. The average molecular weight is 225 g/mol. The molecular weight excluding hydrogens is 202 g/mol. The van der Waals surface area contributed by atoms with Gasteiger partial charge in [0.25, 0.3) is 0 Å². The molecule has 1 rings (SSSR count). The van der Waals surface area contributed by atoms with Crippen LogP contribution in [0.5, 0.6) is 0 Å². The maximum atomic E-state index is 5.01. The second-order valence-corrected chi connectivity index (χ2v) is 5.06. The van der Waals surface area contributed by atoms with Gasteiger partial charge in [0.15, 0.2) is 0 Å². The molecule has 0 fully saturated rings. The number of nitrogens with one attached hydrogen (secondary N) is 1. The molecule has 0 spiro atoms. The van der Waals surface area contributed by atoms with Crippen LogP contribution in [-0.2, 0) is 17.8 Å². The van der Waals surface area contributed by atoms with E-state index in [0.29, 0.717) is 0 Å². The first kappa shape index (κ1) is 13.2. The molecule has 1 aromatic rings. The molecule has 0 saturated carbocycles. The minimum Gasteiger partial charge on any atom is -0.385 e. The van der Waals surface area contributed by atoms with Crippen molar-refractivity contribution >= 4 is 0 Å². The fourth-order valence-electron chi connectivity index (χ4n) is 1.36. The summed E-state index contributed by atoms with van der Waals surface area (Å²) in [6.45, 7) is 9.06. The van der Waals surface area contributed by atoms with Crippen molar-refractivity contribution in [1.82, 2.24) is 15.1 Å². The third-order valence-corrected chi connectivity index (χ3v) is 2.25. The lowest BCUT2D eigenvalue weighted by molar-refractivity contribution is 0.189. The summed E-state index contributed by atoms with van der Waals surface area (Å²) in [5.41, 5.74) is 1.38. The van der Waals surface area contributed by atoms with Gasteiger partial charge in [-0.2, -0.15) is 5.10 Å². The van der Waals surface area contributed by atoms with Crippen LogP contribution in [0.1, 0.15) is 32.8 Å². The standard InChI is InChI=1S/C12H23N3O/c1-12(2,3)13-8-11-9-14-15(10-11)6-5-7-16-4/h9-10,13H,5-8H2,1-4H3. The Morgan fingerprint density at radius 3 is 2.81 bits per heavy atom. The van der Waals surface area contributed by atoms with Gasteiger partial charge < -0.3 is 10.1 Å². The van der Waals surface area contributed by atoms with Crippen LogP contribution in [0.15, 0.2) is 12.4 Å². The minimum absolute atomic E-state index is 0.151. The Labute approximate surface area is 98.0 Å². The third kappa shape index (κ3) is 5.28. The molecule has 0 radical (unpaired) electrons. The van der Waals surface area contributed by atoms with E-state index in [0.717, 1.165) is 26.1 Å². The van der Waals surface area contributed by atoms with Crippen molar-refractivity contribution in [2.24, 2.45) is 0 Å². The number of aryl methyl sites for hydroxylation is 1. The smallest absolute Gasteiger partial charge is 0.0534 e. The van der Waals surface area contributed by atoms with Crippen LogP contribution in [0.3, 0.4) is 0 Å². The van der Waals surface area contributed by atoms with E-state index in [1.807, 2.05) is 10.9 Å². The van der Waals surface area contributed by atoms with Crippen molar-refractivity contribution in [3.05, 3.63) is 18.0 Å². The largest absolute Gasteiger partial charge is 0.385 e. The summed E-state index contributed by atoms with van der Waals surface area (Å²) in [6, 6.07) is 0. The predicted octanol–water partition coefficient (Wildman–Crippen LogP) is 1.81. The van der Waals surface area contributed by atoms with Gasteiger partial charge in [-0.25, -0.2) is 0 Å². The Bertz CT molecular complexity index is 301. The Morgan fingerprint density at radius 2 is 2.19 bits per heavy atom. The van der Waals surface area contributed by atoms with Crippen molar-refractivity contribution in [2.45, 2.75) is 45.8 Å². The number of nitrogens with zero attached hydrogens (tertiary/aromatic N) is 2. The maximum absolute atomic E-state index is 5.01. The number of ether oxygens (including phenoxy) is 1. The first-order valence-corrected chi connectivity index (χ1v) is 5.76. The molecule has 0 aromatic carbocycles. The third-order valence-electron chi connectivity index (χ3n) is 2.25. The van der Waals surface area contributed by atoms with Crippen LogP contribution < -0.4 is 5.32 Å². The van der Waals surface area contributed by atoms with E-state index in [1.54, 1.807) is 7.11 Å². The quantitative estimate of drug-likeness (QED) is 0.750. The van der Waals surface area contributed by atoms with E-state index >= 15 is 0 Å². The Balaban J connectivity index is 2.33. The van der Waals surface area contributed by atoms with Gasteiger partial charge in [0.2, 0.25) is 0 Å². The fourth-order valence-corrected chi connectivity index (χ4v) is 1.36. The summed E-state index contributed by atoms with van der Waals surface area (Å²) in [5, 5.41) is 7.75. The van der Waals surface area contributed by atoms with E-state index in [4.69, 9.17) is 4.74 Å². The Hall–Kier alpha value is -0.870. The van der Waals surface area contributed by atoms with E-state index in [1.165, 1.54) is 5.56 Å². The lowest BCUT2D eigenvalue weighted by Gasteiger charge is -2.19. The molecule has 0 aliphatic rings. The number of methoxy groups -OCH3 is 1. The van der Waals surface area contributed by atoms with Crippen molar-refractivity contribution < 1.29 is 4.74 Å². The van der Waals surface area contributed by atoms with Gasteiger partial charge in [0.1, 0.15) is 0 Å². The van der Waals surface area contributed by atoms with E-state index < -0.39 is 0 Å². The molecule has 0 aliphatic carbocycles. The fraction of sp³-hybridized carbons (Fsp3) is 0.750. The van der Waals surface area contributed by atoms with Crippen LogP contribution in [0, 0.1) is 0 Å². The molecule has 0 unspecified atom stereocenters. The molecule has 4 heteroatoms. The van der Waals surface area contributed by atoms with Crippen molar-refractivity contribution in [1.29, 1.82) is 0 Å². The second kappa shape index (κ2) is 6.01. The molecule has 92 valence electrons. The zero-order chi connectivity index (χ0) is 12.0. The highest BCUT2D eigenvalue weighted by molar-refractivity contribution is 5.03. The van der Waals surface area contributed by atoms with Gasteiger partial charge in [0.05, 0.1) is 6.20 Å². The van der Waals surface area contributed by atoms with Crippen LogP contribution in [-0.4, -0.2) is 29.0 Å². The Kier molecular flexibility index (Phi) is 4.96. The summed E-state index contributed by atoms with van der Waals surface area (Å²) in [7, 11) is 1.72. The average Bonchev–Trinajstić information content (AvgIpc) is 2.62. The maximum Gasteiger partial charge on any atom is 0.0534 e. The van der Waals surface area contributed by atoms with Gasteiger partial charge >= 0.3 is 0 Å². The summed E-state index contributed by atoms with van der Waals surface area (Å²) >= 11 is 0. The summed E-state index contributed by atoms with van der Waals surface area (Å²) in [5.74, 6) is 0. The van der Waals surface area contributed by atoms with Crippen LogP contribution >= 0.6 is 0 Å². The van der Waals surface area contributed by atoms with Crippen LogP contribution in [0.25, 0.3) is 0 Å². The van der Waals surface area contributed by atoms with Crippen molar-refractivity contribution in [3.8, 4) is 0 Å². The van der Waals surface area contributed by atoms with Gasteiger partial charge in [-0.1, -0.05) is 0 Å². The van der Waals surface area contributed by atoms with Gasteiger partial charge in [-0.05, 0) is 27.2 Å². The number of aromatic nitrogens is 2. The highest BCUT2D eigenvalue weighted by atomic mass is 16.5. The van der Waals surface area contributed by atoms with Gasteiger partial charge in [-0.3, -0.25) is 4.68 Å². The number of hydrogen-bond donors (Lipinski definition) is 1. The zero-order valence-electron chi connectivity index (χ0n) is 10.8. The summed E-state index contributed by atoms with van der Waals surface area (Å²) < 4.78 is 6.98. The highest BCUT2D eigenvalue weighted by Gasteiger charge is 2.08. The summed E-state index contributed by atoms with van der Waals surface area (Å²) in [4.78, 5) is 0. The molecule has 0 aliphatic heterocycles. The van der Waals surface area contributed by atoms with Gasteiger partial charge in [-0.15, -0.1) is 0 Å². The SMILES string of the molecule is COCCCn1cc(CNC(C)(C)C)cn1. The van der Waals surface area contributed by atoms with Crippen molar-refractivity contribution in [2.75, 3.05) is 13.7 Å². The predicted molar refractivity (Wildman–Crippen MR) is 65.3 cm³/mol. The second-order valence-electron chi connectivity index (χ2n) is 5.06. The Morgan fingerprint density at radius 1 is 1.44 bits per heavy atom. The lowest BCUT2D eigenvalue weighted by Crippen LogP contribution is -2.34. The molecule has 1 aromatic heterocycles. The molecule has 1 N–H and O–H groups in total. The first-order valence-electron chi connectivity index (χ1n) is 5.76. The monoisotopic (exact) mass is 225 g/mol. The summed E-state index contributed by atoms with van der Waals surface area (Å²) in [6.07, 6.45) is 5.02. The van der Waals surface area contributed by atoms with E-state index in [-0.39, 0.29) is 5.54 Å².